The van der Waals surface area contributed by atoms with Gasteiger partial charge in [0.05, 0.1) is 5.92 Å². The fraction of sp³-hybridized carbons (Fsp3) is 0.500. The number of carbonyl (C=O) groups excluding carboxylic acids is 1. The maximum absolute atomic E-state index is 12.0. The van der Waals surface area contributed by atoms with Crippen LogP contribution < -0.4 is 5.32 Å². The maximum atomic E-state index is 12.0. The zero-order valence-electron chi connectivity index (χ0n) is 11.5. The second-order valence-corrected chi connectivity index (χ2v) is 5.41. The van der Waals surface area contributed by atoms with Crippen molar-refractivity contribution in [2.45, 2.75) is 32.1 Å². The largest absolute Gasteiger partial charge is 0.481 e. The summed E-state index contributed by atoms with van der Waals surface area (Å²) in [6, 6.07) is 10.0. The van der Waals surface area contributed by atoms with Gasteiger partial charge >= 0.3 is 5.97 Å². The third-order valence-electron chi connectivity index (χ3n) is 4.00. The van der Waals surface area contributed by atoms with Crippen LogP contribution in [0.4, 0.5) is 0 Å². The van der Waals surface area contributed by atoms with E-state index < -0.39 is 5.97 Å². The summed E-state index contributed by atoms with van der Waals surface area (Å²) in [5.74, 6) is -0.928. The van der Waals surface area contributed by atoms with Crippen LogP contribution in [-0.4, -0.2) is 23.5 Å². The first-order chi connectivity index (χ1) is 9.66. The number of hydrogen-bond donors (Lipinski definition) is 2. The lowest BCUT2D eigenvalue weighted by Crippen LogP contribution is -2.35. The van der Waals surface area contributed by atoms with Crippen LogP contribution in [0, 0.1) is 11.8 Å². The van der Waals surface area contributed by atoms with Crippen LogP contribution in [0.5, 0.6) is 0 Å². The SMILES string of the molecule is O=C(O)C1CCC(C(=O)NCCc2ccccc2)CC1. The molecule has 0 saturated heterocycles. The number of benzene rings is 1. The van der Waals surface area contributed by atoms with Crippen molar-refractivity contribution in [2.75, 3.05) is 6.54 Å². The van der Waals surface area contributed by atoms with Gasteiger partial charge in [0, 0.05) is 12.5 Å². The van der Waals surface area contributed by atoms with E-state index in [0.717, 1.165) is 6.42 Å². The minimum absolute atomic E-state index is 0.0126. The predicted molar refractivity (Wildman–Crippen MR) is 76.2 cm³/mol. The van der Waals surface area contributed by atoms with Crippen molar-refractivity contribution in [2.24, 2.45) is 11.8 Å². The molecule has 4 heteroatoms. The molecule has 1 amide bonds. The Balaban J connectivity index is 1.69. The molecule has 1 aliphatic rings. The van der Waals surface area contributed by atoms with E-state index in [4.69, 9.17) is 5.11 Å². The summed E-state index contributed by atoms with van der Waals surface area (Å²) < 4.78 is 0. The first kappa shape index (κ1) is 14.6. The molecule has 0 unspecified atom stereocenters. The van der Waals surface area contributed by atoms with Crippen molar-refractivity contribution in [1.29, 1.82) is 0 Å². The quantitative estimate of drug-likeness (QED) is 0.866. The molecule has 1 saturated carbocycles. The molecule has 0 atom stereocenters. The van der Waals surface area contributed by atoms with E-state index in [1.165, 1.54) is 5.56 Å². The van der Waals surface area contributed by atoms with Gasteiger partial charge in [0.2, 0.25) is 5.91 Å². The van der Waals surface area contributed by atoms with Crippen LogP contribution in [0.2, 0.25) is 0 Å². The highest BCUT2D eigenvalue weighted by Crippen LogP contribution is 2.28. The van der Waals surface area contributed by atoms with E-state index >= 15 is 0 Å². The molecule has 2 N–H and O–H groups in total. The Morgan fingerprint density at radius 2 is 1.65 bits per heavy atom. The summed E-state index contributed by atoms with van der Waals surface area (Å²) in [4.78, 5) is 22.9. The summed E-state index contributed by atoms with van der Waals surface area (Å²) in [5, 5.41) is 11.9. The van der Waals surface area contributed by atoms with Gasteiger partial charge in [-0.15, -0.1) is 0 Å². The number of carbonyl (C=O) groups is 2. The zero-order valence-corrected chi connectivity index (χ0v) is 11.5. The van der Waals surface area contributed by atoms with Crippen molar-refractivity contribution in [3.8, 4) is 0 Å². The Morgan fingerprint density at radius 3 is 2.25 bits per heavy atom. The van der Waals surface area contributed by atoms with Crippen LogP contribution >= 0.6 is 0 Å². The molecular weight excluding hydrogens is 254 g/mol. The van der Waals surface area contributed by atoms with Gasteiger partial charge in [-0.1, -0.05) is 30.3 Å². The molecule has 1 fully saturated rings. The number of rotatable bonds is 5. The van der Waals surface area contributed by atoms with E-state index in [1.54, 1.807) is 0 Å². The number of nitrogens with one attached hydrogen (secondary N) is 1. The van der Waals surface area contributed by atoms with Gasteiger partial charge in [0.25, 0.3) is 0 Å². The lowest BCUT2D eigenvalue weighted by Gasteiger charge is -2.25. The smallest absolute Gasteiger partial charge is 0.306 e. The fourth-order valence-corrected chi connectivity index (χ4v) is 2.72. The molecule has 1 aliphatic carbocycles. The zero-order chi connectivity index (χ0) is 14.4. The molecule has 20 heavy (non-hydrogen) atoms. The minimum atomic E-state index is -0.729. The third kappa shape index (κ3) is 4.08. The highest BCUT2D eigenvalue weighted by molar-refractivity contribution is 5.79. The van der Waals surface area contributed by atoms with Crippen molar-refractivity contribution in [3.63, 3.8) is 0 Å². The molecule has 0 spiro atoms. The van der Waals surface area contributed by atoms with Gasteiger partial charge in [-0.3, -0.25) is 9.59 Å². The van der Waals surface area contributed by atoms with Crippen LogP contribution in [0.1, 0.15) is 31.2 Å². The summed E-state index contributed by atoms with van der Waals surface area (Å²) in [5.41, 5.74) is 1.21. The van der Waals surface area contributed by atoms with Gasteiger partial charge < -0.3 is 10.4 Å². The monoisotopic (exact) mass is 275 g/mol. The standard InChI is InChI=1S/C16H21NO3/c18-15(13-6-8-14(9-7-13)16(19)20)17-11-10-12-4-2-1-3-5-12/h1-5,13-14H,6-11H2,(H,17,18)(H,19,20). The van der Waals surface area contributed by atoms with Crippen LogP contribution in [-0.2, 0) is 16.0 Å². The lowest BCUT2D eigenvalue weighted by molar-refractivity contribution is -0.144. The number of aliphatic carboxylic acids is 1. The first-order valence-corrected chi connectivity index (χ1v) is 7.21. The van der Waals surface area contributed by atoms with E-state index in [1.807, 2.05) is 30.3 Å². The second-order valence-electron chi connectivity index (χ2n) is 5.41. The third-order valence-corrected chi connectivity index (χ3v) is 4.00. The van der Waals surface area contributed by atoms with E-state index in [9.17, 15) is 9.59 Å². The Kier molecular flexibility index (Phi) is 5.16. The van der Waals surface area contributed by atoms with Gasteiger partial charge in [-0.2, -0.15) is 0 Å². The van der Waals surface area contributed by atoms with Crippen molar-refractivity contribution in [3.05, 3.63) is 35.9 Å². The summed E-state index contributed by atoms with van der Waals surface area (Å²) in [6.45, 7) is 0.641. The van der Waals surface area contributed by atoms with E-state index in [-0.39, 0.29) is 17.7 Å². The first-order valence-electron chi connectivity index (χ1n) is 7.21. The predicted octanol–water partition coefficient (Wildman–Crippen LogP) is 2.24. The maximum Gasteiger partial charge on any atom is 0.306 e. The van der Waals surface area contributed by atoms with Gasteiger partial charge in [0.1, 0.15) is 0 Å². The number of carboxylic acid groups (broad SMARTS) is 1. The van der Waals surface area contributed by atoms with E-state index in [2.05, 4.69) is 5.32 Å². The Hall–Kier alpha value is -1.84. The average molecular weight is 275 g/mol. The van der Waals surface area contributed by atoms with Crippen molar-refractivity contribution >= 4 is 11.9 Å². The van der Waals surface area contributed by atoms with Crippen molar-refractivity contribution < 1.29 is 14.7 Å². The highest BCUT2D eigenvalue weighted by atomic mass is 16.4. The van der Waals surface area contributed by atoms with Gasteiger partial charge in [-0.05, 0) is 37.7 Å². The molecule has 4 nitrogen and oxygen atoms in total. The molecule has 0 bridgehead atoms. The van der Waals surface area contributed by atoms with Crippen LogP contribution in [0.15, 0.2) is 30.3 Å². The lowest BCUT2D eigenvalue weighted by atomic mass is 9.81. The summed E-state index contributed by atoms with van der Waals surface area (Å²) in [7, 11) is 0. The highest BCUT2D eigenvalue weighted by Gasteiger charge is 2.29. The topological polar surface area (TPSA) is 66.4 Å². The van der Waals surface area contributed by atoms with E-state index in [0.29, 0.717) is 32.2 Å². The normalized spacial score (nSPS) is 22.2. The molecule has 0 radical (unpaired) electrons. The van der Waals surface area contributed by atoms with Crippen LogP contribution in [0.3, 0.4) is 0 Å². The molecule has 0 aromatic heterocycles. The van der Waals surface area contributed by atoms with Gasteiger partial charge in [0.15, 0.2) is 0 Å². The fourth-order valence-electron chi connectivity index (χ4n) is 2.72. The molecule has 1 aromatic carbocycles. The van der Waals surface area contributed by atoms with Gasteiger partial charge in [-0.25, -0.2) is 0 Å². The van der Waals surface area contributed by atoms with Crippen LogP contribution in [0.25, 0.3) is 0 Å². The molecule has 2 rings (SSSR count). The second kappa shape index (κ2) is 7.08. The summed E-state index contributed by atoms with van der Waals surface area (Å²) >= 11 is 0. The molecular formula is C16H21NO3. The summed E-state index contributed by atoms with van der Waals surface area (Å²) in [6.07, 6.45) is 3.44. The molecule has 108 valence electrons. The Bertz CT molecular complexity index is 450. The van der Waals surface area contributed by atoms with Crippen molar-refractivity contribution in [1.82, 2.24) is 5.32 Å². The Labute approximate surface area is 119 Å². The molecule has 0 heterocycles. The molecule has 1 aromatic rings. The Morgan fingerprint density at radius 1 is 1.05 bits per heavy atom. The molecule has 0 aliphatic heterocycles. The average Bonchev–Trinajstić information content (AvgIpc) is 2.48. The number of carboxylic acids is 1. The number of amides is 1. The minimum Gasteiger partial charge on any atom is -0.481 e. The number of hydrogen-bond acceptors (Lipinski definition) is 2.